The first kappa shape index (κ1) is 22.6. The van der Waals surface area contributed by atoms with E-state index < -0.39 is 4.92 Å². The fourth-order valence-electron chi connectivity index (χ4n) is 2.94. The Morgan fingerprint density at radius 1 is 1.03 bits per heavy atom. The number of phenols is 1. The number of hydrogen-bond acceptors (Lipinski definition) is 4. The number of anilines is 1. The van der Waals surface area contributed by atoms with E-state index in [1.807, 2.05) is 12.1 Å². The number of phenolic OH excluding ortho intramolecular Hbond substituents is 1. The molecule has 2 aromatic carbocycles. The van der Waals surface area contributed by atoms with E-state index in [1.54, 1.807) is 12.1 Å². The Kier molecular flexibility index (Phi) is 6.53. The van der Waals surface area contributed by atoms with Crippen LogP contribution in [0, 0.1) is 10.1 Å². The molecule has 0 amide bonds. The average Bonchev–Trinajstić information content (AvgIpc) is 2.59. The van der Waals surface area contributed by atoms with Crippen LogP contribution in [0.5, 0.6) is 5.75 Å². The molecule has 29 heavy (non-hydrogen) atoms. The van der Waals surface area contributed by atoms with Crippen molar-refractivity contribution in [2.75, 3.05) is 5.32 Å². The molecule has 0 spiro atoms. The first-order chi connectivity index (χ1) is 13.3. The summed E-state index contributed by atoms with van der Waals surface area (Å²) >= 11 is 5.42. The van der Waals surface area contributed by atoms with Crippen molar-refractivity contribution >= 4 is 28.7 Å². The lowest BCUT2D eigenvalue weighted by Crippen LogP contribution is -2.28. The number of nitro benzene ring substituents is 1. The van der Waals surface area contributed by atoms with Gasteiger partial charge in [-0.25, -0.2) is 0 Å². The molecule has 6 nitrogen and oxygen atoms in total. The highest BCUT2D eigenvalue weighted by Crippen LogP contribution is 2.41. The van der Waals surface area contributed by atoms with Crippen LogP contribution in [-0.2, 0) is 17.4 Å². The summed E-state index contributed by atoms with van der Waals surface area (Å²) in [5, 5.41) is 28.3. The summed E-state index contributed by atoms with van der Waals surface area (Å²) in [6, 6.07) is 10.2. The Hall–Kier alpha value is -2.67. The monoisotopic (exact) mass is 415 g/mol. The Balaban J connectivity index is 2.18. The number of rotatable bonds is 4. The largest absolute Gasteiger partial charge is 0.507 e. The molecule has 3 N–H and O–H groups in total. The molecule has 0 aromatic heterocycles. The number of nitro groups is 1. The molecule has 156 valence electrons. The Morgan fingerprint density at radius 3 is 1.93 bits per heavy atom. The molecular weight excluding hydrogens is 386 g/mol. The highest BCUT2D eigenvalue weighted by atomic mass is 32.1. The molecule has 0 heterocycles. The van der Waals surface area contributed by atoms with Gasteiger partial charge in [0.2, 0.25) is 0 Å². The van der Waals surface area contributed by atoms with Crippen molar-refractivity contribution in [2.45, 2.75) is 58.9 Å². The van der Waals surface area contributed by atoms with Crippen LogP contribution in [0.4, 0.5) is 11.4 Å². The van der Waals surface area contributed by atoms with Crippen LogP contribution in [0.2, 0.25) is 0 Å². The van der Waals surface area contributed by atoms with Crippen molar-refractivity contribution < 1.29 is 10.0 Å². The smallest absolute Gasteiger partial charge is 0.269 e. The van der Waals surface area contributed by atoms with Crippen molar-refractivity contribution in [3.63, 3.8) is 0 Å². The topological polar surface area (TPSA) is 87.4 Å². The van der Waals surface area contributed by atoms with Crippen LogP contribution in [0.25, 0.3) is 0 Å². The van der Waals surface area contributed by atoms with Gasteiger partial charge in [-0.1, -0.05) is 53.7 Å². The first-order valence-corrected chi connectivity index (χ1v) is 9.86. The summed E-state index contributed by atoms with van der Waals surface area (Å²) in [6.45, 7) is 12.8. The molecule has 2 aromatic rings. The maximum atomic E-state index is 10.8. The first-order valence-electron chi connectivity index (χ1n) is 9.45. The molecule has 0 fully saturated rings. The van der Waals surface area contributed by atoms with Crippen LogP contribution < -0.4 is 10.6 Å². The van der Waals surface area contributed by atoms with Gasteiger partial charge in [-0.3, -0.25) is 10.1 Å². The van der Waals surface area contributed by atoms with Gasteiger partial charge >= 0.3 is 0 Å². The predicted octanol–water partition coefficient (Wildman–Crippen LogP) is 5.38. The lowest BCUT2D eigenvalue weighted by molar-refractivity contribution is -0.384. The zero-order valence-electron chi connectivity index (χ0n) is 17.8. The number of benzene rings is 2. The van der Waals surface area contributed by atoms with Gasteiger partial charge in [0, 0.05) is 35.5 Å². The minimum Gasteiger partial charge on any atom is -0.507 e. The Bertz CT molecular complexity index is 875. The van der Waals surface area contributed by atoms with Crippen LogP contribution in [0.15, 0.2) is 36.4 Å². The van der Waals surface area contributed by atoms with E-state index in [-0.39, 0.29) is 16.5 Å². The molecular formula is C22H29N3O3S. The van der Waals surface area contributed by atoms with Gasteiger partial charge in [0.15, 0.2) is 5.11 Å². The van der Waals surface area contributed by atoms with Crippen LogP contribution in [-0.4, -0.2) is 15.1 Å². The molecule has 7 heteroatoms. The van der Waals surface area contributed by atoms with Gasteiger partial charge in [-0.2, -0.15) is 0 Å². The quantitative estimate of drug-likeness (QED) is 0.269. The Labute approximate surface area is 177 Å². The number of hydrogen-bond donors (Lipinski definition) is 3. The number of non-ortho nitro benzene ring substituents is 1. The van der Waals surface area contributed by atoms with Crippen molar-refractivity contribution in [1.29, 1.82) is 0 Å². The second kappa shape index (κ2) is 8.37. The van der Waals surface area contributed by atoms with Crippen LogP contribution in [0.3, 0.4) is 0 Å². The lowest BCUT2D eigenvalue weighted by atomic mass is 9.79. The average molecular weight is 416 g/mol. The van der Waals surface area contributed by atoms with Crippen molar-refractivity contribution in [2.24, 2.45) is 0 Å². The minimum absolute atomic E-state index is 0.0583. The van der Waals surface area contributed by atoms with Gasteiger partial charge < -0.3 is 15.7 Å². The summed E-state index contributed by atoms with van der Waals surface area (Å²) in [7, 11) is 0. The van der Waals surface area contributed by atoms with E-state index in [9.17, 15) is 15.2 Å². The standard InChI is InChI=1S/C22H29N3O3S/c1-21(2,3)17-11-15(12-18(19(17)26)22(4,5)6)24-20(29)23-13-14-7-9-16(10-8-14)25(27)28/h7-12,26H,13H2,1-6H3,(H2,23,24,29). The number of thiocarbonyl (C=S) groups is 1. The second-order valence-electron chi connectivity index (χ2n) is 9.15. The summed E-state index contributed by atoms with van der Waals surface area (Å²) in [6.07, 6.45) is 0. The maximum absolute atomic E-state index is 10.8. The van der Waals surface area contributed by atoms with E-state index in [2.05, 4.69) is 52.2 Å². The summed E-state index contributed by atoms with van der Waals surface area (Å²) < 4.78 is 0. The van der Waals surface area contributed by atoms with Gasteiger partial charge in [-0.15, -0.1) is 0 Å². The zero-order chi connectivity index (χ0) is 22.0. The fraction of sp³-hybridized carbons (Fsp3) is 0.409. The van der Waals surface area contributed by atoms with Crippen molar-refractivity contribution in [3.05, 3.63) is 63.2 Å². The summed E-state index contributed by atoms with van der Waals surface area (Å²) in [5.74, 6) is 0.320. The number of nitrogens with zero attached hydrogens (tertiary/aromatic N) is 1. The van der Waals surface area contributed by atoms with Crippen LogP contribution >= 0.6 is 12.2 Å². The normalized spacial score (nSPS) is 11.8. The van der Waals surface area contributed by atoms with Gasteiger partial charge in [0.25, 0.3) is 5.69 Å². The SMILES string of the molecule is CC(C)(C)c1cc(NC(=S)NCc2ccc([N+](=O)[O-])cc2)cc(C(C)(C)C)c1O. The third kappa shape index (κ3) is 5.90. The second-order valence-corrected chi connectivity index (χ2v) is 9.56. The summed E-state index contributed by atoms with van der Waals surface area (Å²) in [5.41, 5.74) is 3.00. The molecule has 0 saturated carbocycles. The molecule has 0 aliphatic heterocycles. The van der Waals surface area contributed by atoms with E-state index in [0.29, 0.717) is 17.4 Å². The number of aromatic hydroxyl groups is 1. The highest BCUT2D eigenvalue weighted by molar-refractivity contribution is 7.80. The van der Waals surface area contributed by atoms with Crippen molar-refractivity contribution in [3.8, 4) is 5.75 Å². The number of nitrogens with one attached hydrogen (secondary N) is 2. The maximum Gasteiger partial charge on any atom is 0.269 e. The minimum atomic E-state index is -0.423. The molecule has 0 radical (unpaired) electrons. The van der Waals surface area contributed by atoms with E-state index in [4.69, 9.17) is 12.2 Å². The van der Waals surface area contributed by atoms with E-state index in [1.165, 1.54) is 12.1 Å². The van der Waals surface area contributed by atoms with E-state index in [0.717, 1.165) is 22.4 Å². The lowest BCUT2D eigenvalue weighted by Gasteiger charge is -2.28. The third-order valence-electron chi connectivity index (χ3n) is 4.58. The van der Waals surface area contributed by atoms with Gasteiger partial charge in [0.05, 0.1) is 4.92 Å². The van der Waals surface area contributed by atoms with E-state index >= 15 is 0 Å². The molecule has 0 aliphatic carbocycles. The fourth-order valence-corrected chi connectivity index (χ4v) is 3.13. The molecule has 0 aliphatic rings. The zero-order valence-corrected chi connectivity index (χ0v) is 18.6. The molecule has 0 unspecified atom stereocenters. The van der Waals surface area contributed by atoms with Crippen molar-refractivity contribution in [1.82, 2.24) is 5.32 Å². The molecule has 0 atom stereocenters. The highest BCUT2D eigenvalue weighted by Gasteiger charge is 2.26. The molecule has 0 bridgehead atoms. The van der Waals surface area contributed by atoms with Crippen LogP contribution in [0.1, 0.15) is 58.2 Å². The molecule has 2 rings (SSSR count). The molecule has 0 saturated heterocycles. The Morgan fingerprint density at radius 2 is 1.52 bits per heavy atom. The summed E-state index contributed by atoms with van der Waals surface area (Å²) in [4.78, 5) is 10.3. The van der Waals surface area contributed by atoms with Gasteiger partial charge in [-0.05, 0) is 40.7 Å². The predicted molar refractivity (Wildman–Crippen MR) is 122 cm³/mol. The van der Waals surface area contributed by atoms with Gasteiger partial charge in [0.1, 0.15) is 5.75 Å². The third-order valence-corrected chi connectivity index (χ3v) is 4.83.